The second-order valence-electron chi connectivity index (χ2n) is 11.9. The largest absolute Gasteiger partial charge is 0.508 e. The van der Waals surface area contributed by atoms with E-state index in [0.29, 0.717) is 11.1 Å². The van der Waals surface area contributed by atoms with Crippen LogP contribution in [-0.4, -0.2) is 32.4 Å². The third-order valence-electron chi connectivity index (χ3n) is 9.10. The molecule has 0 amide bonds. The molecule has 6 heteroatoms. The van der Waals surface area contributed by atoms with E-state index in [9.17, 15) is 30.0 Å². The summed E-state index contributed by atoms with van der Waals surface area (Å²) in [6.07, 6.45) is 0. The number of rotatable bonds is 5. The second kappa shape index (κ2) is 11.0. The average molecular weight is 627 g/mol. The van der Waals surface area contributed by atoms with Gasteiger partial charge < -0.3 is 20.4 Å². The summed E-state index contributed by atoms with van der Waals surface area (Å²) in [6, 6.07) is 40.4. The van der Waals surface area contributed by atoms with Crippen LogP contribution in [0.4, 0.5) is 0 Å². The van der Waals surface area contributed by atoms with Crippen LogP contribution in [0, 0.1) is 0 Å². The Hall–Kier alpha value is -6.66. The van der Waals surface area contributed by atoms with Gasteiger partial charge in [-0.1, -0.05) is 84.9 Å². The summed E-state index contributed by atoms with van der Waals surface area (Å²) in [5.41, 5.74) is 4.81. The molecule has 0 aliphatic carbocycles. The van der Waals surface area contributed by atoms with Crippen molar-refractivity contribution in [1.29, 1.82) is 0 Å². The van der Waals surface area contributed by atoms with Crippen LogP contribution >= 0.6 is 0 Å². The van der Waals surface area contributed by atoms with E-state index in [1.54, 1.807) is 60.7 Å². The molecule has 8 rings (SSSR count). The maximum Gasteiger partial charge on any atom is 0.336 e. The number of hydrogen-bond acceptors (Lipinski definition) is 4. The Morgan fingerprint density at radius 3 is 1.23 bits per heavy atom. The van der Waals surface area contributed by atoms with Crippen molar-refractivity contribution >= 4 is 55.0 Å². The lowest BCUT2D eigenvalue weighted by molar-refractivity contribution is 0.0687. The van der Waals surface area contributed by atoms with Crippen molar-refractivity contribution in [2.24, 2.45) is 0 Å². The molecule has 0 aliphatic rings. The fraction of sp³-hybridized carbons (Fsp3) is 0. The minimum absolute atomic E-state index is 0.102. The molecule has 0 saturated carbocycles. The van der Waals surface area contributed by atoms with Crippen molar-refractivity contribution in [2.45, 2.75) is 0 Å². The Morgan fingerprint density at radius 1 is 0.396 bits per heavy atom. The van der Waals surface area contributed by atoms with Gasteiger partial charge in [-0.25, -0.2) is 9.59 Å². The highest BCUT2D eigenvalue weighted by atomic mass is 16.4. The number of fused-ring (bicyclic) bond motifs is 4. The lowest BCUT2D eigenvalue weighted by Gasteiger charge is -2.16. The summed E-state index contributed by atoms with van der Waals surface area (Å²) in [4.78, 5) is 24.8. The first-order valence-corrected chi connectivity index (χ1v) is 15.3. The summed E-state index contributed by atoms with van der Waals surface area (Å²) < 4.78 is 0. The molecule has 6 nitrogen and oxygen atoms in total. The van der Waals surface area contributed by atoms with E-state index in [1.165, 1.54) is 0 Å². The van der Waals surface area contributed by atoms with Crippen LogP contribution in [0.15, 0.2) is 133 Å². The van der Waals surface area contributed by atoms with E-state index in [2.05, 4.69) is 0 Å². The standard InChI is InChI=1S/C42H26O6/c43-29-13-17-31-25(19-29)11-15-35(41(45)46)39(31)27-9-7-23-3-1-5-33(37(23)21-27)34-6-2-4-24-8-10-28(22-38(24)34)40-32-18-14-30(44)20-26(32)12-16-36(40)42(47)48/h1-22,43-44H,(H,45,46)(H,47,48). The zero-order valence-corrected chi connectivity index (χ0v) is 25.3. The van der Waals surface area contributed by atoms with Gasteiger partial charge in [0, 0.05) is 11.1 Å². The predicted molar refractivity (Wildman–Crippen MR) is 190 cm³/mol. The summed E-state index contributed by atoms with van der Waals surface area (Å²) >= 11 is 0. The Bertz CT molecular complexity index is 2470. The molecular weight excluding hydrogens is 600 g/mol. The Balaban J connectivity index is 1.38. The number of carboxylic acid groups (broad SMARTS) is 2. The minimum Gasteiger partial charge on any atom is -0.508 e. The average Bonchev–Trinajstić information content (AvgIpc) is 3.09. The molecule has 0 spiro atoms. The van der Waals surface area contributed by atoms with E-state index in [-0.39, 0.29) is 22.6 Å². The van der Waals surface area contributed by atoms with E-state index < -0.39 is 11.9 Å². The number of hydrogen-bond donors (Lipinski definition) is 4. The summed E-state index contributed by atoms with van der Waals surface area (Å²) in [5, 5.41) is 47.2. The van der Waals surface area contributed by atoms with E-state index in [0.717, 1.165) is 65.3 Å². The fourth-order valence-electron chi connectivity index (χ4n) is 6.94. The smallest absolute Gasteiger partial charge is 0.336 e. The van der Waals surface area contributed by atoms with Gasteiger partial charge in [-0.15, -0.1) is 0 Å². The normalized spacial score (nSPS) is 11.4. The van der Waals surface area contributed by atoms with Crippen molar-refractivity contribution in [2.75, 3.05) is 0 Å². The quantitative estimate of drug-likeness (QED) is 0.151. The van der Waals surface area contributed by atoms with Gasteiger partial charge in [0.1, 0.15) is 11.5 Å². The van der Waals surface area contributed by atoms with Crippen molar-refractivity contribution in [3.05, 3.63) is 145 Å². The van der Waals surface area contributed by atoms with Gasteiger partial charge in [0.25, 0.3) is 0 Å². The summed E-state index contributed by atoms with van der Waals surface area (Å²) in [5.74, 6) is -1.88. The Kier molecular flexibility index (Phi) is 6.60. The highest BCUT2D eigenvalue weighted by Gasteiger charge is 2.19. The molecule has 0 unspecified atom stereocenters. The van der Waals surface area contributed by atoms with Crippen LogP contribution in [0.1, 0.15) is 20.7 Å². The van der Waals surface area contributed by atoms with E-state index in [1.807, 2.05) is 72.8 Å². The van der Waals surface area contributed by atoms with Crippen molar-refractivity contribution < 1.29 is 30.0 Å². The van der Waals surface area contributed by atoms with Crippen LogP contribution in [-0.2, 0) is 0 Å². The van der Waals surface area contributed by atoms with E-state index in [4.69, 9.17) is 0 Å². The molecule has 4 N–H and O–H groups in total. The van der Waals surface area contributed by atoms with Crippen molar-refractivity contribution in [3.8, 4) is 44.9 Å². The molecule has 0 heterocycles. The minimum atomic E-state index is -1.04. The molecule has 48 heavy (non-hydrogen) atoms. The first kappa shape index (κ1) is 28.8. The van der Waals surface area contributed by atoms with Crippen LogP contribution in [0.25, 0.3) is 76.5 Å². The molecule has 8 aromatic carbocycles. The first-order chi connectivity index (χ1) is 23.3. The van der Waals surface area contributed by atoms with Gasteiger partial charge in [-0.2, -0.15) is 0 Å². The highest BCUT2D eigenvalue weighted by molar-refractivity contribution is 6.13. The molecule has 0 radical (unpaired) electrons. The van der Waals surface area contributed by atoms with Gasteiger partial charge >= 0.3 is 11.9 Å². The zero-order valence-electron chi connectivity index (χ0n) is 25.3. The molecule has 0 fully saturated rings. The molecule has 0 bridgehead atoms. The number of aromatic carboxylic acids is 2. The third kappa shape index (κ3) is 4.66. The Labute approximate surface area is 274 Å². The number of phenols is 2. The zero-order chi connectivity index (χ0) is 33.1. The van der Waals surface area contributed by atoms with Crippen molar-refractivity contribution in [3.63, 3.8) is 0 Å². The van der Waals surface area contributed by atoms with Gasteiger partial charge in [0.15, 0.2) is 0 Å². The lowest BCUT2D eigenvalue weighted by atomic mass is 9.88. The molecule has 8 aromatic rings. The molecule has 0 atom stereocenters. The van der Waals surface area contributed by atoms with Crippen LogP contribution in [0.5, 0.6) is 11.5 Å². The monoisotopic (exact) mass is 626 g/mol. The number of aromatic hydroxyl groups is 2. The predicted octanol–water partition coefficient (Wildman–Crippen LogP) is 10.1. The van der Waals surface area contributed by atoms with Crippen LogP contribution in [0.2, 0.25) is 0 Å². The number of carboxylic acids is 2. The lowest BCUT2D eigenvalue weighted by Crippen LogP contribution is -2.00. The number of carbonyl (C=O) groups is 2. The maximum absolute atomic E-state index is 12.4. The molecule has 0 saturated heterocycles. The summed E-state index contributed by atoms with van der Waals surface area (Å²) in [6.45, 7) is 0. The first-order valence-electron chi connectivity index (χ1n) is 15.3. The van der Waals surface area contributed by atoms with Crippen LogP contribution in [0.3, 0.4) is 0 Å². The topological polar surface area (TPSA) is 115 Å². The van der Waals surface area contributed by atoms with Gasteiger partial charge in [0.05, 0.1) is 11.1 Å². The van der Waals surface area contributed by atoms with Crippen LogP contribution < -0.4 is 0 Å². The maximum atomic E-state index is 12.4. The Morgan fingerprint density at radius 2 is 0.812 bits per heavy atom. The number of benzene rings is 8. The van der Waals surface area contributed by atoms with Crippen molar-refractivity contribution in [1.82, 2.24) is 0 Å². The highest BCUT2D eigenvalue weighted by Crippen LogP contribution is 2.41. The number of phenolic OH excluding ortho intramolecular Hbond substituents is 2. The van der Waals surface area contributed by atoms with Gasteiger partial charge in [-0.05, 0) is 114 Å². The SMILES string of the molecule is O=C(O)c1ccc2cc(O)ccc2c1-c1ccc2cccc(-c3cccc4ccc(-c5c(C(=O)O)ccc6cc(O)ccc56)cc34)c2c1. The molecule has 0 aromatic heterocycles. The molecule has 0 aliphatic heterocycles. The van der Waals surface area contributed by atoms with Gasteiger partial charge in [0.2, 0.25) is 0 Å². The second-order valence-corrected chi connectivity index (χ2v) is 11.9. The molecule has 230 valence electrons. The third-order valence-corrected chi connectivity index (χ3v) is 9.10. The fourth-order valence-corrected chi connectivity index (χ4v) is 6.94. The summed E-state index contributed by atoms with van der Waals surface area (Å²) in [7, 11) is 0. The van der Waals surface area contributed by atoms with Gasteiger partial charge in [-0.3, -0.25) is 0 Å². The molecular formula is C42H26O6. The van der Waals surface area contributed by atoms with E-state index >= 15 is 0 Å².